The van der Waals surface area contributed by atoms with Gasteiger partial charge in [0.05, 0.1) is 5.56 Å². The second-order valence-corrected chi connectivity index (χ2v) is 5.42. The third-order valence-corrected chi connectivity index (χ3v) is 4.28. The van der Waals surface area contributed by atoms with Gasteiger partial charge in [-0.1, -0.05) is 23.9 Å². The second-order valence-electron chi connectivity index (χ2n) is 3.48. The minimum Gasteiger partial charge on any atom is -0.478 e. The summed E-state index contributed by atoms with van der Waals surface area (Å²) in [5, 5.41) is 8.85. The number of hydrogen-bond acceptors (Lipinski definition) is 2. The monoisotopic (exact) mass is 326 g/mol. The smallest absolute Gasteiger partial charge is 0.335 e. The highest BCUT2D eigenvalue weighted by Crippen LogP contribution is 2.35. The van der Waals surface area contributed by atoms with E-state index in [1.165, 1.54) is 30.0 Å². The second kappa shape index (κ2) is 5.54. The lowest BCUT2D eigenvalue weighted by Gasteiger charge is -2.06. The van der Waals surface area contributed by atoms with Crippen LogP contribution in [0.4, 0.5) is 4.39 Å². The van der Waals surface area contributed by atoms with Crippen LogP contribution in [-0.4, -0.2) is 11.1 Å². The van der Waals surface area contributed by atoms with Gasteiger partial charge in [-0.25, -0.2) is 9.18 Å². The molecule has 0 aromatic heterocycles. The highest BCUT2D eigenvalue weighted by molar-refractivity contribution is 9.10. The number of benzene rings is 2. The molecule has 0 aliphatic heterocycles. The maximum absolute atomic E-state index is 13.5. The lowest BCUT2D eigenvalue weighted by Crippen LogP contribution is -1.95. The quantitative estimate of drug-likeness (QED) is 0.906. The zero-order chi connectivity index (χ0) is 13.1. The van der Waals surface area contributed by atoms with Gasteiger partial charge in [0, 0.05) is 14.3 Å². The van der Waals surface area contributed by atoms with Crippen molar-refractivity contribution in [2.75, 3.05) is 0 Å². The van der Waals surface area contributed by atoms with Crippen LogP contribution in [0.15, 0.2) is 56.7 Å². The van der Waals surface area contributed by atoms with Crippen LogP contribution in [0.5, 0.6) is 0 Å². The summed E-state index contributed by atoms with van der Waals surface area (Å²) in [6.45, 7) is 0. The molecule has 0 atom stereocenters. The minimum absolute atomic E-state index is 0.194. The predicted octanol–water partition coefficient (Wildman–Crippen LogP) is 4.44. The number of hydrogen-bond donors (Lipinski definition) is 1. The first-order valence-electron chi connectivity index (χ1n) is 5.03. The van der Waals surface area contributed by atoms with E-state index in [-0.39, 0.29) is 11.4 Å². The summed E-state index contributed by atoms with van der Waals surface area (Å²) in [7, 11) is 0. The first-order chi connectivity index (χ1) is 8.58. The average molecular weight is 327 g/mol. The van der Waals surface area contributed by atoms with Crippen molar-refractivity contribution < 1.29 is 14.3 Å². The molecular weight excluding hydrogens is 319 g/mol. The maximum Gasteiger partial charge on any atom is 0.335 e. The molecule has 5 heteroatoms. The average Bonchev–Trinajstić information content (AvgIpc) is 2.34. The summed E-state index contributed by atoms with van der Waals surface area (Å²) in [4.78, 5) is 12.1. The van der Waals surface area contributed by atoms with Gasteiger partial charge < -0.3 is 5.11 Å². The Balaban J connectivity index is 2.30. The summed E-state index contributed by atoms with van der Waals surface area (Å²) >= 11 is 4.54. The molecule has 0 aliphatic rings. The summed E-state index contributed by atoms with van der Waals surface area (Å²) < 4.78 is 14.1. The Labute approximate surface area is 116 Å². The van der Waals surface area contributed by atoms with Crippen molar-refractivity contribution >= 4 is 33.7 Å². The number of rotatable bonds is 3. The van der Waals surface area contributed by atoms with E-state index in [2.05, 4.69) is 15.9 Å². The van der Waals surface area contributed by atoms with Crippen LogP contribution < -0.4 is 0 Å². The topological polar surface area (TPSA) is 37.3 Å². The molecule has 0 fully saturated rings. The van der Waals surface area contributed by atoms with Gasteiger partial charge in [-0.05, 0) is 46.3 Å². The van der Waals surface area contributed by atoms with Gasteiger partial charge in [0.1, 0.15) is 5.82 Å². The molecule has 1 N–H and O–H groups in total. The fraction of sp³-hybridized carbons (Fsp3) is 0. The molecule has 0 saturated heterocycles. The van der Waals surface area contributed by atoms with E-state index in [1.807, 2.05) is 0 Å². The Bertz CT molecular complexity index is 601. The highest BCUT2D eigenvalue weighted by atomic mass is 79.9. The van der Waals surface area contributed by atoms with E-state index >= 15 is 0 Å². The van der Waals surface area contributed by atoms with Crippen LogP contribution in [0.3, 0.4) is 0 Å². The molecule has 2 aromatic rings. The third-order valence-electron chi connectivity index (χ3n) is 2.24. The normalized spacial score (nSPS) is 10.3. The van der Waals surface area contributed by atoms with E-state index in [9.17, 15) is 9.18 Å². The zero-order valence-electron chi connectivity index (χ0n) is 9.06. The first-order valence-corrected chi connectivity index (χ1v) is 6.64. The van der Waals surface area contributed by atoms with Crippen molar-refractivity contribution in [2.24, 2.45) is 0 Å². The lowest BCUT2D eigenvalue weighted by molar-refractivity contribution is 0.0696. The van der Waals surface area contributed by atoms with Crippen LogP contribution in [0.1, 0.15) is 10.4 Å². The molecule has 0 heterocycles. The standard InChI is InChI=1S/C13H8BrFO2S/c14-9-7-8(13(16)17)5-6-11(9)18-12-4-2-1-3-10(12)15/h1-7H,(H,16,17). The summed E-state index contributed by atoms with van der Waals surface area (Å²) in [5.74, 6) is -1.28. The summed E-state index contributed by atoms with van der Waals surface area (Å²) in [5.41, 5.74) is 0.194. The van der Waals surface area contributed by atoms with Crippen molar-refractivity contribution in [2.45, 2.75) is 9.79 Å². The molecule has 2 rings (SSSR count). The Morgan fingerprint density at radius 3 is 2.50 bits per heavy atom. The van der Waals surface area contributed by atoms with E-state index in [0.29, 0.717) is 9.37 Å². The number of aromatic carboxylic acids is 1. The van der Waals surface area contributed by atoms with E-state index in [4.69, 9.17) is 5.11 Å². The molecule has 0 spiro atoms. The van der Waals surface area contributed by atoms with E-state index < -0.39 is 5.97 Å². The molecule has 18 heavy (non-hydrogen) atoms. The third kappa shape index (κ3) is 2.91. The number of halogens is 2. The van der Waals surface area contributed by atoms with Gasteiger partial charge in [0.15, 0.2) is 0 Å². The fourth-order valence-electron chi connectivity index (χ4n) is 1.36. The van der Waals surface area contributed by atoms with Crippen molar-refractivity contribution in [3.05, 3.63) is 58.3 Å². The van der Waals surface area contributed by atoms with E-state index in [0.717, 1.165) is 4.90 Å². The molecule has 0 aliphatic carbocycles. The van der Waals surface area contributed by atoms with Crippen molar-refractivity contribution in [1.82, 2.24) is 0 Å². The Hall–Kier alpha value is -1.33. The Kier molecular flexibility index (Phi) is 4.04. The molecule has 0 unspecified atom stereocenters. The molecule has 2 nitrogen and oxygen atoms in total. The first kappa shape index (κ1) is 13.1. The van der Waals surface area contributed by atoms with Gasteiger partial charge >= 0.3 is 5.97 Å². The Morgan fingerprint density at radius 2 is 1.89 bits per heavy atom. The van der Waals surface area contributed by atoms with Gasteiger partial charge in [-0.2, -0.15) is 0 Å². The fourth-order valence-corrected chi connectivity index (χ4v) is 2.83. The SMILES string of the molecule is O=C(O)c1ccc(Sc2ccccc2F)c(Br)c1. The van der Waals surface area contributed by atoms with Crippen molar-refractivity contribution in [3.63, 3.8) is 0 Å². The molecule has 0 radical (unpaired) electrons. The summed E-state index contributed by atoms with van der Waals surface area (Å²) in [6.07, 6.45) is 0. The van der Waals surface area contributed by atoms with Gasteiger partial charge in [0.25, 0.3) is 0 Å². The maximum atomic E-state index is 13.5. The van der Waals surface area contributed by atoms with Crippen molar-refractivity contribution in [1.29, 1.82) is 0 Å². The molecule has 2 aromatic carbocycles. The van der Waals surface area contributed by atoms with Gasteiger partial charge in [-0.3, -0.25) is 0 Å². The number of carboxylic acid groups (broad SMARTS) is 1. The van der Waals surface area contributed by atoms with Gasteiger partial charge in [0.2, 0.25) is 0 Å². The molecule has 0 amide bonds. The van der Waals surface area contributed by atoms with Crippen LogP contribution in [0.25, 0.3) is 0 Å². The van der Waals surface area contributed by atoms with Crippen LogP contribution in [0.2, 0.25) is 0 Å². The lowest BCUT2D eigenvalue weighted by atomic mass is 10.2. The van der Waals surface area contributed by atoms with Crippen LogP contribution >= 0.6 is 27.7 Å². The van der Waals surface area contributed by atoms with Crippen LogP contribution in [0, 0.1) is 5.82 Å². The van der Waals surface area contributed by atoms with Crippen LogP contribution in [-0.2, 0) is 0 Å². The predicted molar refractivity (Wildman–Crippen MR) is 71.6 cm³/mol. The molecule has 92 valence electrons. The largest absolute Gasteiger partial charge is 0.478 e. The Morgan fingerprint density at radius 1 is 1.17 bits per heavy atom. The zero-order valence-corrected chi connectivity index (χ0v) is 11.5. The van der Waals surface area contributed by atoms with E-state index in [1.54, 1.807) is 24.3 Å². The van der Waals surface area contributed by atoms with Crippen molar-refractivity contribution in [3.8, 4) is 0 Å². The highest BCUT2D eigenvalue weighted by Gasteiger charge is 2.09. The summed E-state index contributed by atoms with van der Waals surface area (Å²) in [6, 6.07) is 11.1. The molecule has 0 bridgehead atoms. The minimum atomic E-state index is -0.988. The number of carbonyl (C=O) groups is 1. The number of carboxylic acids is 1. The van der Waals surface area contributed by atoms with Gasteiger partial charge in [-0.15, -0.1) is 0 Å². The molecular formula is C13H8BrFO2S. The molecule has 0 saturated carbocycles.